The molecule has 0 spiro atoms. The fraction of sp³-hybridized carbons (Fsp3) is 0.889. The van der Waals surface area contributed by atoms with Crippen molar-refractivity contribution in [2.75, 3.05) is 33.2 Å². The number of alkyl halides is 1. The van der Waals surface area contributed by atoms with Crippen LogP contribution >= 0.6 is 0 Å². The Morgan fingerprint density at radius 2 is 2.04 bits per heavy atom. The van der Waals surface area contributed by atoms with E-state index in [0.717, 1.165) is 25.9 Å². The molecular weight excluding hydrogens is 307 g/mol. The van der Waals surface area contributed by atoms with Gasteiger partial charge in [0.15, 0.2) is 0 Å². The summed E-state index contributed by atoms with van der Waals surface area (Å²) in [5.74, 6) is -0.159. The number of hydrogen-bond donors (Lipinski definition) is 1. The molecule has 0 aromatic heterocycles. The van der Waals surface area contributed by atoms with Gasteiger partial charge in [-0.05, 0) is 30.7 Å². The first-order valence-corrected chi connectivity index (χ1v) is 8.91. The molecule has 3 fully saturated rings. The molecule has 1 N–H and O–H groups in total. The Balaban J connectivity index is 1.72. The number of carbonyl (C=O) groups is 1. The Morgan fingerprint density at radius 1 is 1.33 bits per heavy atom. The lowest BCUT2D eigenvalue weighted by atomic mass is 9.60. The van der Waals surface area contributed by atoms with Crippen molar-refractivity contribution >= 4 is 5.91 Å². The highest BCUT2D eigenvalue weighted by Crippen LogP contribution is 2.60. The van der Waals surface area contributed by atoms with Crippen LogP contribution in [0.25, 0.3) is 0 Å². The highest BCUT2D eigenvalue weighted by molar-refractivity contribution is 5.79. The van der Waals surface area contributed by atoms with Crippen molar-refractivity contribution in [3.63, 3.8) is 0 Å². The van der Waals surface area contributed by atoms with Gasteiger partial charge in [-0.3, -0.25) is 4.79 Å². The Bertz CT molecular complexity index is 574. The van der Waals surface area contributed by atoms with E-state index < -0.39 is 12.2 Å². The predicted octanol–water partition coefficient (Wildman–Crippen LogP) is 1.55. The lowest BCUT2D eigenvalue weighted by Crippen LogP contribution is -2.67. The van der Waals surface area contributed by atoms with Crippen LogP contribution in [0.5, 0.6) is 0 Å². The molecule has 1 amide bonds. The molecule has 6 heteroatoms. The summed E-state index contributed by atoms with van der Waals surface area (Å²) in [7, 11) is 2.14. The van der Waals surface area contributed by atoms with Crippen molar-refractivity contribution in [3.05, 3.63) is 0 Å². The molecule has 4 atom stereocenters. The molecule has 0 radical (unpaired) electrons. The maximum atomic E-state index is 13.6. The molecule has 0 aromatic rings. The molecule has 3 rings (SSSR count). The SMILES string of the molecule is CN1C[C@]2(C)CC[C@](NCC(=O)N3CC(F)CC3C#N)(C1)C2(C)C. The second-order valence-electron chi connectivity index (χ2n) is 8.82. The van der Waals surface area contributed by atoms with E-state index >= 15 is 0 Å². The van der Waals surface area contributed by atoms with Crippen LogP contribution in [-0.2, 0) is 4.79 Å². The van der Waals surface area contributed by atoms with Gasteiger partial charge in [-0.15, -0.1) is 0 Å². The summed E-state index contributed by atoms with van der Waals surface area (Å²) in [6.45, 7) is 9.16. The molecule has 5 nitrogen and oxygen atoms in total. The zero-order valence-corrected chi connectivity index (χ0v) is 15.2. The van der Waals surface area contributed by atoms with Gasteiger partial charge >= 0.3 is 0 Å². The number of hydrogen-bond acceptors (Lipinski definition) is 4. The molecule has 2 aliphatic heterocycles. The standard InChI is InChI=1S/C18H29FN4O/c1-16(2)17(3)5-6-18(16,12-22(4)11-17)21-9-15(24)23-10-13(19)7-14(23)8-20/h13-14,21H,5-7,9-12H2,1-4H3/t13?,14?,17-,18-/m0/s1. The van der Waals surface area contributed by atoms with E-state index in [9.17, 15) is 9.18 Å². The normalized spacial score (nSPS) is 41.4. The van der Waals surface area contributed by atoms with E-state index in [1.807, 2.05) is 0 Å². The van der Waals surface area contributed by atoms with Gasteiger partial charge in [-0.2, -0.15) is 5.26 Å². The zero-order valence-electron chi connectivity index (χ0n) is 15.2. The minimum atomic E-state index is -1.08. The van der Waals surface area contributed by atoms with Crippen LogP contribution < -0.4 is 5.32 Å². The van der Waals surface area contributed by atoms with Gasteiger partial charge in [0, 0.05) is 25.0 Å². The van der Waals surface area contributed by atoms with Crippen LogP contribution in [0.3, 0.4) is 0 Å². The summed E-state index contributed by atoms with van der Waals surface area (Å²) in [5.41, 5.74) is 0.194. The highest BCUT2D eigenvalue weighted by Gasteiger charge is 2.63. The van der Waals surface area contributed by atoms with Crippen LogP contribution in [0.1, 0.15) is 40.0 Å². The van der Waals surface area contributed by atoms with Crippen LogP contribution in [0.4, 0.5) is 4.39 Å². The number of nitrogens with zero attached hydrogens (tertiary/aromatic N) is 3. The third-order valence-corrected chi connectivity index (χ3v) is 7.26. The molecule has 134 valence electrons. The second-order valence-corrected chi connectivity index (χ2v) is 8.82. The molecule has 2 unspecified atom stereocenters. The molecular formula is C18H29FN4O. The fourth-order valence-corrected chi connectivity index (χ4v) is 5.25. The number of likely N-dealkylation sites (tertiary alicyclic amines) is 2. The van der Waals surface area contributed by atoms with Gasteiger partial charge in [0.2, 0.25) is 5.91 Å². The summed E-state index contributed by atoms with van der Waals surface area (Å²) in [6.07, 6.45) is 1.24. The molecule has 0 aromatic carbocycles. The lowest BCUT2D eigenvalue weighted by molar-refractivity contribution is -0.131. The minimum Gasteiger partial charge on any atom is -0.323 e. The number of likely N-dealkylation sites (N-methyl/N-ethyl adjacent to an activating group) is 1. The van der Waals surface area contributed by atoms with Crippen molar-refractivity contribution in [1.29, 1.82) is 5.26 Å². The minimum absolute atomic E-state index is 0.0484. The number of nitriles is 1. The first-order valence-electron chi connectivity index (χ1n) is 8.91. The van der Waals surface area contributed by atoms with Crippen LogP contribution in [0, 0.1) is 22.2 Å². The fourth-order valence-electron chi connectivity index (χ4n) is 5.25. The maximum Gasteiger partial charge on any atom is 0.237 e. The topological polar surface area (TPSA) is 59.4 Å². The first-order chi connectivity index (χ1) is 11.1. The molecule has 3 aliphatic rings. The van der Waals surface area contributed by atoms with Gasteiger partial charge in [0.25, 0.3) is 0 Å². The molecule has 1 saturated carbocycles. The van der Waals surface area contributed by atoms with Crippen LogP contribution in [0.2, 0.25) is 0 Å². The van der Waals surface area contributed by atoms with Crippen molar-refractivity contribution in [2.45, 2.75) is 57.8 Å². The smallest absolute Gasteiger partial charge is 0.237 e. The van der Waals surface area contributed by atoms with E-state index in [2.05, 4.69) is 44.1 Å². The van der Waals surface area contributed by atoms with Gasteiger partial charge in [0.1, 0.15) is 12.2 Å². The lowest BCUT2D eigenvalue weighted by Gasteiger charge is -2.56. The number of halogens is 1. The van der Waals surface area contributed by atoms with Crippen molar-refractivity contribution in [1.82, 2.24) is 15.1 Å². The van der Waals surface area contributed by atoms with Crippen molar-refractivity contribution < 1.29 is 9.18 Å². The maximum absolute atomic E-state index is 13.6. The van der Waals surface area contributed by atoms with Gasteiger partial charge in [0.05, 0.1) is 19.2 Å². The van der Waals surface area contributed by atoms with E-state index in [-0.39, 0.29) is 41.8 Å². The number of piperidine rings is 1. The Labute approximate surface area is 144 Å². The number of amides is 1. The molecule has 2 bridgehead atoms. The first kappa shape index (κ1) is 17.6. The van der Waals surface area contributed by atoms with E-state index in [0.29, 0.717) is 0 Å². The van der Waals surface area contributed by atoms with Crippen molar-refractivity contribution in [3.8, 4) is 6.07 Å². The third-order valence-electron chi connectivity index (χ3n) is 7.26. The summed E-state index contributed by atoms with van der Waals surface area (Å²) in [4.78, 5) is 16.3. The number of nitrogens with one attached hydrogen (secondary N) is 1. The third kappa shape index (κ3) is 2.44. The monoisotopic (exact) mass is 336 g/mol. The van der Waals surface area contributed by atoms with Crippen LogP contribution in [-0.4, -0.2) is 66.7 Å². The number of carbonyl (C=O) groups excluding carboxylic acids is 1. The Hall–Kier alpha value is -1.19. The number of fused-ring (bicyclic) bond motifs is 2. The summed E-state index contributed by atoms with van der Waals surface area (Å²) in [5, 5.41) is 12.7. The van der Waals surface area contributed by atoms with Gasteiger partial charge in [-0.25, -0.2) is 4.39 Å². The summed E-state index contributed by atoms with van der Waals surface area (Å²) in [6, 6.07) is 1.43. The molecule has 1 aliphatic carbocycles. The molecule has 2 saturated heterocycles. The van der Waals surface area contributed by atoms with Crippen LogP contribution in [0.15, 0.2) is 0 Å². The Kier molecular flexibility index (Phi) is 4.17. The molecule has 2 heterocycles. The second kappa shape index (κ2) is 5.67. The Morgan fingerprint density at radius 3 is 2.71 bits per heavy atom. The highest BCUT2D eigenvalue weighted by atomic mass is 19.1. The van der Waals surface area contributed by atoms with E-state index in [4.69, 9.17) is 5.26 Å². The van der Waals surface area contributed by atoms with E-state index in [1.165, 1.54) is 4.90 Å². The quantitative estimate of drug-likeness (QED) is 0.849. The van der Waals surface area contributed by atoms with Gasteiger partial charge < -0.3 is 15.1 Å². The number of rotatable bonds is 3. The summed E-state index contributed by atoms with van der Waals surface area (Å²) < 4.78 is 13.6. The molecule has 24 heavy (non-hydrogen) atoms. The largest absolute Gasteiger partial charge is 0.323 e. The van der Waals surface area contributed by atoms with Gasteiger partial charge in [-0.1, -0.05) is 20.8 Å². The van der Waals surface area contributed by atoms with E-state index in [1.54, 1.807) is 0 Å². The average molecular weight is 336 g/mol. The predicted molar refractivity (Wildman–Crippen MR) is 90.0 cm³/mol. The van der Waals surface area contributed by atoms with Crippen molar-refractivity contribution in [2.24, 2.45) is 10.8 Å². The zero-order chi connectivity index (χ0) is 17.8. The summed E-state index contributed by atoms with van der Waals surface area (Å²) >= 11 is 0. The average Bonchev–Trinajstić information content (AvgIpc) is 2.90.